The quantitative estimate of drug-likeness (QED) is 0.0486. The molecule has 330 valence electrons. The average Bonchev–Trinajstić information content (AvgIpc) is 3.18. The van der Waals surface area contributed by atoms with Crippen molar-refractivity contribution in [2.45, 2.75) is 117 Å². The number of hydrogen-bond acceptors (Lipinski definition) is 11. The molecule has 14 heteroatoms. The second-order valence-corrected chi connectivity index (χ2v) is 15.0. The molecule has 1 rings (SSSR count). The van der Waals surface area contributed by atoms with Crippen LogP contribution in [0.25, 0.3) is 0 Å². The Morgan fingerprint density at radius 3 is 1.11 bits per heavy atom. The van der Waals surface area contributed by atoms with Crippen LogP contribution >= 0.6 is 7.82 Å². The number of hydrogen-bond donors (Lipinski definition) is 2. The monoisotopic (exact) mass is 823 g/mol. The van der Waals surface area contributed by atoms with E-state index in [-0.39, 0.29) is 13.2 Å². The highest BCUT2D eigenvalue weighted by molar-refractivity contribution is 7.46. The summed E-state index contributed by atoms with van der Waals surface area (Å²) in [6.45, 7) is 11.9. The van der Waals surface area contributed by atoms with E-state index >= 15 is 0 Å². The molecule has 0 radical (unpaired) electrons. The fraction of sp³-hybridized carbons (Fsp3) is 0.857. The van der Waals surface area contributed by atoms with Crippen LogP contribution in [-0.2, 0) is 59.8 Å². The second kappa shape index (κ2) is 40.6. The number of aryl methyl sites for hydroxylation is 2. The molecule has 0 amide bonds. The van der Waals surface area contributed by atoms with Crippen molar-refractivity contribution in [1.82, 2.24) is 0 Å². The van der Waals surface area contributed by atoms with Gasteiger partial charge in [0.2, 0.25) is 0 Å². The molecule has 13 nitrogen and oxygen atoms in total. The summed E-state index contributed by atoms with van der Waals surface area (Å²) in [5.41, 5.74) is 2.97. The Morgan fingerprint density at radius 1 is 0.411 bits per heavy atom. The maximum absolute atomic E-state index is 10.5. The van der Waals surface area contributed by atoms with E-state index in [0.29, 0.717) is 106 Å². The molecule has 0 aliphatic heterocycles. The molecule has 0 aliphatic rings. The van der Waals surface area contributed by atoms with E-state index in [1.807, 2.05) is 0 Å². The predicted octanol–water partition coefficient (Wildman–Crippen LogP) is 7.89. The first kappa shape index (κ1) is 52.8. The Bertz CT molecular complexity index is 1010. The van der Waals surface area contributed by atoms with Crippen molar-refractivity contribution < 1.29 is 61.5 Å². The first-order valence-electron chi connectivity index (χ1n) is 21.5. The van der Waals surface area contributed by atoms with Gasteiger partial charge in [0.25, 0.3) is 0 Å². The van der Waals surface area contributed by atoms with Gasteiger partial charge in [0, 0.05) is 0 Å². The van der Waals surface area contributed by atoms with Crippen LogP contribution < -0.4 is 4.74 Å². The molecule has 56 heavy (non-hydrogen) atoms. The number of phosphoric acid groups is 1. The zero-order chi connectivity index (χ0) is 40.5. The Kier molecular flexibility index (Phi) is 38.3. The van der Waals surface area contributed by atoms with Gasteiger partial charge in [0.15, 0.2) is 0 Å². The molecular weight excluding hydrogens is 743 g/mol. The fourth-order valence-electron chi connectivity index (χ4n) is 5.79. The lowest BCUT2D eigenvalue weighted by Crippen LogP contribution is -2.15. The van der Waals surface area contributed by atoms with Crippen molar-refractivity contribution in [2.24, 2.45) is 0 Å². The molecule has 0 saturated carbocycles. The number of ether oxygens (including phenoxy) is 9. The molecule has 0 spiro atoms. The van der Waals surface area contributed by atoms with E-state index < -0.39 is 7.82 Å². The van der Waals surface area contributed by atoms with Crippen LogP contribution in [0.3, 0.4) is 0 Å². The maximum Gasteiger partial charge on any atom is 0.469 e. The summed E-state index contributed by atoms with van der Waals surface area (Å²) in [6.07, 6.45) is 21.0. The van der Waals surface area contributed by atoms with Crippen LogP contribution in [0.4, 0.5) is 0 Å². The van der Waals surface area contributed by atoms with E-state index in [4.69, 9.17) is 52.4 Å². The minimum absolute atomic E-state index is 0.0814. The van der Waals surface area contributed by atoms with Crippen LogP contribution in [-0.4, -0.2) is 129 Å². The van der Waals surface area contributed by atoms with Crippen molar-refractivity contribution in [3.05, 3.63) is 29.3 Å². The summed E-state index contributed by atoms with van der Waals surface area (Å²) in [5.74, 6) is 0.944. The molecule has 0 heterocycles. The van der Waals surface area contributed by atoms with E-state index in [2.05, 4.69) is 36.6 Å². The summed E-state index contributed by atoms with van der Waals surface area (Å²) in [7, 11) is -4.44. The fourth-order valence-corrected chi connectivity index (χ4v) is 6.10. The van der Waals surface area contributed by atoms with Gasteiger partial charge in [-0.3, -0.25) is 4.52 Å². The molecule has 0 unspecified atom stereocenters. The van der Waals surface area contributed by atoms with Crippen LogP contribution in [0.2, 0.25) is 0 Å². The van der Waals surface area contributed by atoms with Gasteiger partial charge in [-0.15, -0.1) is 0 Å². The van der Waals surface area contributed by atoms with Crippen LogP contribution in [0.1, 0.15) is 115 Å². The lowest BCUT2D eigenvalue weighted by Gasteiger charge is -2.14. The molecule has 0 bridgehead atoms. The maximum atomic E-state index is 10.5. The van der Waals surface area contributed by atoms with Crippen molar-refractivity contribution >= 4 is 7.82 Å². The molecule has 0 fully saturated rings. The summed E-state index contributed by atoms with van der Waals surface area (Å²) in [5, 5.41) is 0. The van der Waals surface area contributed by atoms with Crippen LogP contribution in [0.5, 0.6) is 5.75 Å². The normalized spacial score (nSPS) is 11.9. The average molecular weight is 823 g/mol. The smallest absolute Gasteiger partial charge is 0.469 e. The number of benzene rings is 1. The van der Waals surface area contributed by atoms with E-state index in [9.17, 15) is 4.57 Å². The van der Waals surface area contributed by atoms with Gasteiger partial charge in [-0.05, 0) is 48.9 Å². The van der Waals surface area contributed by atoms with E-state index in [1.165, 1.54) is 107 Å². The predicted molar refractivity (Wildman–Crippen MR) is 220 cm³/mol. The van der Waals surface area contributed by atoms with Gasteiger partial charge in [0.1, 0.15) is 12.4 Å². The third kappa shape index (κ3) is 37.1. The first-order valence-corrected chi connectivity index (χ1v) is 23.1. The van der Waals surface area contributed by atoms with Crippen molar-refractivity contribution in [1.29, 1.82) is 0 Å². The SMILES string of the molecule is CCCCCCCCCc1ccc(OCCOCCOCCOCCOCCOCCOCCOCCOCCOP(=O)(O)O)cc1CCCCCCCCC. The first-order chi connectivity index (χ1) is 27.5. The third-order valence-electron chi connectivity index (χ3n) is 8.86. The number of rotatable bonds is 45. The summed E-state index contributed by atoms with van der Waals surface area (Å²) in [6, 6.07) is 6.71. The molecular formula is C42H79O13P. The summed E-state index contributed by atoms with van der Waals surface area (Å²) >= 11 is 0. The minimum atomic E-state index is -4.44. The third-order valence-corrected chi connectivity index (χ3v) is 9.38. The van der Waals surface area contributed by atoms with Gasteiger partial charge in [0.05, 0.1) is 112 Å². The molecule has 1 aromatic rings. The van der Waals surface area contributed by atoms with E-state index in [0.717, 1.165) is 12.2 Å². The highest BCUT2D eigenvalue weighted by atomic mass is 31.2. The summed E-state index contributed by atoms with van der Waals surface area (Å²) < 4.78 is 64.6. The minimum Gasteiger partial charge on any atom is -0.491 e. The zero-order valence-electron chi connectivity index (χ0n) is 35.1. The van der Waals surface area contributed by atoms with E-state index in [1.54, 1.807) is 0 Å². The number of unbranched alkanes of at least 4 members (excludes halogenated alkanes) is 12. The largest absolute Gasteiger partial charge is 0.491 e. The van der Waals surface area contributed by atoms with Gasteiger partial charge < -0.3 is 52.4 Å². The zero-order valence-corrected chi connectivity index (χ0v) is 36.0. The molecule has 0 saturated heterocycles. The van der Waals surface area contributed by atoms with Crippen LogP contribution in [0, 0.1) is 0 Å². The molecule has 0 aliphatic carbocycles. The molecule has 0 atom stereocenters. The summed E-state index contributed by atoms with van der Waals surface area (Å²) in [4.78, 5) is 17.1. The molecule has 1 aromatic carbocycles. The van der Waals surface area contributed by atoms with Gasteiger partial charge in [-0.1, -0.05) is 97.0 Å². The highest BCUT2D eigenvalue weighted by Gasteiger charge is 2.12. The van der Waals surface area contributed by atoms with Gasteiger partial charge in [-0.2, -0.15) is 0 Å². The Hall–Kier alpha value is -1.19. The van der Waals surface area contributed by atoms with Gasteiger partial charge >= 0.3 is 7.82 Å². The second-order valence-electron chi connectivity index (χ2n) is 13.7. The van der Waals surface area contributed by atoms with Crippen molar-refractivity contribution in [3.8, 4) is 5.75 Å². The van der Waals surface area contributed by atoms with Crippen molar-refractivity contribution in [3.63, 3.8) is 0 Å². The Balaban J connectivity index is 1.97. The lowest BCUT2D eigenvalue weighted by molar-refractivity contribution is -0.0242. The lowest BCUT2D eigenvalue weighted by atomic mass is 9.96. The molecule has 0 aromatic heterocycles. The van der Waals surface area contributed by atoms with Crippen LogP contribution in [0.15, 0.2) is 18.2 Å². The Morgan fingerprint density at radius 2 is 0.732 bits per heavy atom. The van der Waals surface area contributed by atoms with Crippen molar-refractivity contribution in [2.75, 3.05) is 119 Å². The standard InChI is InChI=1S/C42H79O13P/c1-3-5-7-9-11-13-15-17-40-19-20-42(39-41(40)18-16-14-12-10-8-6-4-2)54-37-35-52-33-31-50-29-27-48-25-23-46-21-22-47-24-26-49-28-30-51-32-34-53-36-38-55-56(43,44)45/h19-20,39H,3-18,21-38H2,1-2H3,(H2,43,44,45). The topological polar surface area (TPSA) is 150 Å². The molecule has 2 N–H and O–H groups in total. The highest BCUT2D eigenvalue weighted by Crippen LogP contribution is 2.35. The Labute approximate surface area is 339 Å². The number of phosphoric ester groups is 1. The van der Waals surface area contributed by atoms with Gasteiger partial charge in [-0.25, -0.2) is 4.57 Å².